The first-order chi connectivity index (χ1) is 11.8. The van der Waals surface area contributed by atoms with Gasteiger partial charge in [0.15, 0.2) is 0 Å². The second-order valence-corrected chi connectivity index (χ2v) is 6.61. The van der Waals surface area contributed by atoms with Crippen LogP contribution in [0.3, 0.4) is 0 Å². The first-order valence-electron chi connectivity index (χ1n) is 7.30. The van der Waals surface area contributed by atoms with Crippen LogP contribution in [0.1, 0.15) is 20.8 Å². The third-order valence-electron chi connectivity index (χ3n) is 3.88. The van der Waals surface area contributed by atoms with Crippen molar-refractivity contribution in [3.8, 4) is 0 Å². The third-order valence-corrected chi connectivity index (χ3v) is 5.08. The molecule has 1 aromatic carbocycles. The standard InChI is InChI=1S/C16H14N4O4S/c1-8-4-5-10(6-11(8)20(23)24)18-14(21)13-9(2)12-15(25-13)17-7-19(3)16(12)22/h4-7H,1-3H3,(H,18,21). The number of aryl methyl sites for hydroxylation is 3. The van der Waals surface area contributed by atoms with Gasteiger partial charge < -0.3 is 9.88 Å². The number of carbonyl (C=O) groups is 1. The maximum atomic E-state index is 12.6. The number of rotatable bonds is 3. The lowest BCUT2D eigenvalue weighted by molar-refractivity contribution is -0.385. The molecule has 2 heterocycles. The van der Waals surface area contributed by atoms with Crippen LogP contribution >= 0.6 is 11.3 Å². The molecule has 0 unspecified atom stereocenters. The molecule has 0 radical (unpaired) electrons. The summed E-state index contributed by atoms with van der Waals surface area (Å²) in [4.78, 5) is 40.3. The van der Waals surface area contributed by atoms with Crippen molar-refractivity contribution in [3.63, 3.8) is 0 Å². The Morgan fingerprint density at radius 2 is 2.08 bits per heavy atom. The summed E-state index contributed by atoms with van der Waals surface area (Å²) in [5.74, 6) is -0.430. The summed E-state index contributed by atoms with van der Waals surface area (Å²) in [7, 11) is 1.59. The molecular weight excluding hydrogens is 344 g/mol. The highest BCUT2D eigenvalue weighted by molar-refractivity contribution is 7.20. The Hall–Kier alpha value is -3.07. The van der Waals surface area contributed by atoms with Crippen molar-refractivity contribution >= 4 is 38.8 Å². The Kier molecular flexibility index (Phi) is 4.09. The number of anilines is 1. The van der Waals surface area contributed by atoms with E-state index in [1.54, 1.807) is 33.0 Å². The number of hydrogen-bond acceptors (Lipinski definition) is 6. The van der Waals surface area contributed by atoms with Gasteiger partial charge in [-0.3, -0.25) is 19.7 Å². The van der Waals surface area contributed by atoms with E-state index in [9.17, 15) is 19.7 Å². The Labute approximate surface area is 145 Å². The first kappa shape index (κ1) is 16.8. The van der Waals surface area contributed by atoms with Gasteiger partial charge in [-0.1, -0.05) is 6.07 Å². The zero-order chi connectivity index (χ0) is 18.3. The molecule has 25 heavy (non-hydrogen) atoms. The van der Waals surface area contributed by atoms with Gasteiger partial charge in [-0.2, -0.15) is 0 Å². The first-order valence-corrected chi connectivity index (χ1v) is 8.12. The monoisotopic (exact) mass is 358 g/mol. The van der Waals surface area contributed by atoms with E-state index in [0.717, 1.165) is 11.3 Å². The minimum absolute atomic E-state index is 0.0681. The molecule has 0 bridgehead atoms. The molecule has 2 aromatic heterocycles. The van der Waals surface area contributed by atoms with Crippen LogP contribution in [0, 0.1) is 24.0 Å². The number of carbonyl (C=O) groups excluding carboxylic acids is 1. The summed E-state index contributed by atoms with van der Waals surface area (Å²) in [6, 6.07) is 4.48. The maximum absolute atomic E-state index is 12.6. The Morgan fingerprint density at radius 1 is 1.36 bits per heavy atom. The molecule has 9 heteroatoms. The number of hydrogen-bond donors (Lipinski definition) is 1. The normalized spacial score (nSPS) is 10.8. The van der Waals surface area contributed by atoms with Crippen LogP contribution < -0.4 is 10.9 Å². The molecule has 0 saturated heterocycles. The summed E-state index contributed by atoms with van der Waals surface area (Å²) in [6.45, 7) is 3.32. The van der Waals surface area contributed by atoms with E-state index in [4.69, 9.17) is 0 Å². The number of amides is 1. The lowest BCUT2D eigenvalue weighted by Gasteiger charge is -2.05. The molecule has 3 aromatic rings. The van der Waals surface area contributed by atoms with Crippen LogP contribution in [0.4, 0.5) is 11.4 Å². The van der Waals surface area contributed by atoms with Gasteiger partial charge in [0.2, 0.25) is 0 Å². The van der Waals surface area contributed by atoms with Crippen LogP contribution in [0.2, 0.25) is 0 Å². The summed E-state index contributed by atoms with van der Waals surface area (Å²) >= 11 is 1.12. The van der Waals surface area contributed by atoms with Crippen molar-refractivity contribution in [2.24, 2.45) is 7.05 Å². The number of nitrogens with one attached hydrogen (secondary N) is 1. The largest absolute Gasteiger partial charge is 0.321 e. The molecule has 1 amide bonds. The second-order valence-electron chi connectivity index (χ2n) is 5.61. The number of nitro groups is 1. The molecule has 8 nitrogen and oxygen atoms in total. The zero-order valence-corrected chi connectivity index (χ0v) is 14.5. The molecule has 0 aliphatic rings. The number of nitrogens with zero attached hydrogens (tertiary/aromatic N) is 3. The molecule has 0 atom stereocenters. The topological polar surface area (TPSA) is 107 Å². The van der Waals surface area contributed by atoms with Gasteiger partial charge in [0.05, 0.1) is 21.5 Å². The third kappa shape index (κ3) is 2.89. The quantitative estimate of drug-likeness (QED) is 0.572. The van der Waals surface area contributed by atoms with E-state index in [1.807, 2.05) is 0 Å². The van der Waals surface area contributed by atoms with Gasteiger partial charge in [0, 0.05) is 24.4 Å². The smallest absolute Gasteiger partial charge is 0.274 e. The predicted octanol–water partition coefficient (Wildman–Crippen LogP) is 2.77. The van der Waals surface area contributed by atoms with Gasteiger partial charge in [-0.15, -0.1) is 11.3 Å². The fourth-order valence-corrected chi connectivity index (χ4v) is 3.53. The van der Waals surface area contributed by atoms with E-state index in [1.165, 1.54) is 17.0 Å². The molecule has 0 fully saturated rings. The highest BCUT2D eigenvalue weighted by Crippen LogP contribution is 2.28. The van der Waals surface area contributed by atoms with Crippen molar-refractivity contribution in [2.75, 3.05) is 5.32 Å². The van der Waals surface area contributed by atoms with Gasteiger partial charge in [0.25, 0.3) is 17.2 Å². The number of nitro benzene ring substituents is 1. The predicted molar refractivity (Wildman–Crippen MR) is 95.4 cm³/mol. The van der Waals surface area contributed by atoms with Crippen molar-refractivity contribution in [1.82, 2.24) is 9.55 Å². The Balaban J connectivity index is 2.00. The SMILES string of the molecule is Cc1ccc(NC(=O)c2sc3ncn(C)c(=O)c3c2C)cc1[N+](=O)[O-]. The number of benzene rings is 1. The zero-order valence-electron chi connectivity index (χ0n) is 13.7. The number of fused-ring (bicyclic) bond motifs is 1. The molecule has 0 saturated carbocycles. The summed E-state index contributed by atoms with van der Waals surface area (Å²) < 4.78 is 1.35. The van der Waals surface area contributed by atoms with Crippen LogP contribution in [0.5, 0.6) is 0 Å². The minimum Gasteiger partial charge on any atom is -0.321 e. The van der Waals surface area contributed by atoms with E-state index in [0.29, 0.717) is 31.9 Å². The lowest BCUT2D eigenvalue weighted by Crippen LogP contribution is -2.17. The summed E-state index contributed by atoms with van der Waals surface area (Å²) in [5, 5.41) is 14.1. The molecule has 128 valence electrons. The molecule has 1 N–H and O–H groups in total. The fraction of sp³-hybridized carbons (Fsp3) is 0.188. The van der Waals surface area contributed by atoms with Crippen molar-refractivity contribution in [2.45, 2.75) is 13.8 Å². The van der Waals surface area contributed by atoms with Crippen LogP contribution in [0.15, 0.2) is 29.3 Å². The highest BCUT2D eigenvalue weighted by Gasteiger charge is 2.20. The molecule has 3 rings (SSSR count). The van der Waals surface area contributed by atoms with Gasteiger partial charge >= 0.3 is 0 Å². The molecule has 0 aliphatic heterocycles. The number of aromatic nitrogens is 2. The van der Waals surface area contributed by atoms with Crippen molar-refractivity contribution in [3.05, 3.63) is 61.0 Å². The fourth-order valence-electron chi connectivity index (χ4n) is 2.50. The van der Waals surface area contributed by atoms with E-state index >= 15 is 0 Å². The molecular formula is C16H14N4O4S. The highest BCUT2D eigenvalue weighted by atomic mass is 32.1. The lowest BCUT2D eigenvalue weighted by atomic mass is 10.1. The second kappa shape index (κ2) is 6.10. The minimum atomic E-state index is -0.497. The Morgan fingerprint density at radius 3 is 2.76 bits per heavy atom. The average Bonchev–Trinajstić information content (AvgIpc) is 2.90. The van der Waals surface area contributed by atoms with Crippen LogP contribution in [-0.4, -0.2) is 20.4 Å². The number of thiophene rings is 1. The Bertz CT molecular complexity index is 1080. The van der Waals surface area contributed by atoms with E-state index < -0.39 is 10.8 Å². The average molecular weight is 358 g/mol. The summed E-state index contributed by atoms with van der Waals surface area (Å²) in [5.41, 5.74) is 1.09. The van der Waals surface area contributed by atoms with Gasteiger partial charge in [-0.05, 0) is 25.5 Å². The van der Waals surface area contributed by atoms with Crippen molar-refractivity contribution in [1.29, 1.82) is 0 Å². The van der Waals surface area contributed by atoms with E-state index in [-0.39, 0.29) is 11.2 Å². The van der Waals surface area contributed by atoms with Crippen LogP contribution in [-0.2, 0) is 7.05 Å². The van der Waals surface area contributed by atoms with Crippen molar-refractivity contribution < 1.29 is 9.72 Å². The van der Waals surface area contributed by atoms with Gasteiger partial charge in [0.1, 0.15) is 4.83 Å². The molecule has 0 spiro atoms. The van der Waals surface area contributed by atoms with Gasteiger partial charge in [-0.25, -0.2) is 4.98 Å². The van der Waals surface area contributed by atoms with Crippen LogP contribution in [0.25, 0.3) is 10.2 Å². The van der Waals surface area contributed by atoms with E-state index in [2.05, 4.69) is 10.3 Å². The summed E-state index contributed by atoms with van der Waals surface area (Å²) in [6.07, 6.45) is 1.41. The maximum Gasteiger partial charge on any atom is 0.274 e. The molecule has 0 aliphatic carbocycles.